The van der Waals surface area contributed by atoms with Crippen LogP contribution in [-0.4, -0.2) is 19.0 Å². The van der Waals surface area contributed by atoms with Gasteiger partial charge in [0.2, 0.25) is 0 Å². The van der Waals surface area contributed by atoms with Crippen molar-refractivity contribution in [3.05, 3.63) is 48.0 Å². The topological polar surface area (TPSA) is 55.1 Å². The summed E-state index contributed by atoms with van der Waals surface area (Å²) in [4.78, 5) is 11.9. The zero-order valence-corrected chi connectivity index (χ0v) is 10.2. The van der Waals surface area contributed by atoms with Gasteiger partial charge in [-0.05, 0) is 16.8 Å². The number of carbonyl (C=O) groups is 1. The van der Waals surface area contributed by atoms with Crippen LogP contribution < -0.4 is 11.1 Å². The van der Waals surface area contributed by atoms with Crippen LogP contribution >= 0.6 is 12.4 Å². The van der Waals surface area contributed by atoms with Gasteiger partial charge in [-0.1, -0.05) is 36.4 Å². The highest BCUT2D eigenvalue weighted by atomic mass is 35.5. The molecule has 0 radical (unpaired) electrons. The van der Waals surface area contributed by atoms with E-state index >= 15 is 0 Å². The molecule has 0 aliphatic carbocycles. The summed E-state index contributed by atoms with van der Waals surface area (Å²) >= 11 is 0. The molecule has 0 atom stereocenters. The maximum atomic E-state index is 11.9. The molecule has 3 nitrogen and oxygen atoms in total. The molecule has 4 heteroatoms. The minimum Gasteiger partial charge on any atom is -0.351 e. The van der Waals surface area contributed by atoms with Gasteiger partial charge in [-0.3, -0.25) is 4.79 Å². The molecule has 3 N–H and O–H groups in total. The number of carbonyl (C=O) groups excluding carboxylic acids is 1. The molecule has 90 valence electrons. The van der Waals surface area contributed by atoms with Gasteiger partial charge in [0.25, 0.3) is 5.91 Å². The highest BCUT2D eigenvalue weighted by Crippen LogP contribution is 2.18. The van der Waals surface area contributed by atoms with Gasteiger partial charge in [-0.25, -0.2) is 0 Å². The fourth-order valence-corrected chi connectivity index (χ4v) is 1.70. The molecular formula is C13H15ClN2O. The predicted molar refractivity (Wildman–Crippen MR) is 72.6 cm³/mol. The molecule has 0 heterocycles. The average molecular weight is 251 g/mol. The standard InChI is InChI=1S/C13H14N2O.ClH/c14-8-9-15-13(16)12-7-3-5-10-4-1-2-6-11(10)12;/h1-7H,8-9,14H2,(H,15,16);1H. The van der Waals surface area contributed by atoms with Gasteiger partial charge in [-0.15, -0.1) is 12.4 Å². The van der Waals surface area contributed by atoms with Gasteiger partial charge in [0.1, 0.15) is 0 Å². The molecular weight excluding hydrogens is 236 g/mol. The van der Waals surface area contributed by atoms with Crippen molar-refractivity contribution in [3.8, 4) is 0 Å². The molecule has 1 amide bonds. The van der Waals surface area contributed by atoms with Gasteiger partial charge in [-0.2, -0.15) is 0 Å². The Hall–Kier alpha value is -1.58. The Morgan fingerprint density at radius 2 is 1.82 bits per heavy atom. The monoisotopic (exact) mass is 250 g/mol. The molecule has 2 aromatic rings. The van der Waals surface area contributed by atoms with E-state index in [9.17, 15) is 4.79 Å². The average Bonchev–Trinajstić information content (AvgIpc) is 2.35. The molecule has 0 aliphatic heterocycles. The number of rotatable bonds is 3. The molecule has 0 saturated carbocycles. The van der Waals surface area contributed by atoms with Crippen molar-refractivity contribution in [2.75, 3.05) is 13.1 Å². The summed E-state index contributed by atoms with van der Waals surface area (Å²) in [6.45, 7) is 0.957. The highest BCUT2D eigenvalue weighted by Gasteiger charge is 2.07. The van der Waals surface area contributed by atoms with Crippen LogP contribution in [0.3, 0.4) is 0 Å². The second kappa shape index (κ2) is 6.23. The van der Waals surface area contributed by atoms with E-state index in [1.54, 1.807) is 0 Å². The summed E-state index contributed by atoms with van der Waals surface area (Å²) < 4.78 is 0. The van der Waals surface area contributed by atoms with Crippen LogP contribution in [0.1, 0.15) is 10.4 Å². The molecule has 0 saturated heterocycles. The van der Waals surface area contributed by atoms with E-state index in [1.807, 2.05) is 42.5 Å². The largest absolute Gasteiger partial charge is 0.351 e. The van der Waals surface area contributed by atoms with E-state index in [1.165, 1.54) is 0 Å². The Kier molecular flexibility index (Phi) is 4.94. The Balaban J connectivity index is 0.00000144. The van der Waals surface area contributed by atoms with E-state index in [2.05, 4.69) is 5.32 Å². The Morgan fingerprint density at radius 3 is 2.59 bits per heavy atom. The summed E-state index contributed by atoms with van der Waals surface area (Å²) in [7, 11) is 0. The lowest BCUT2D eigenvalue weighted by atomic mass is 10.0. The normalized spacial score (nSPS) is 9.71. The molecule has 0 spiro atoms. The van der Waals surface area contributed by atoms with Gasteiger partial charge >= 0.3 is 0 Å². The predicted octanol–water partition coefficient (Wildman–Crippen LogP) is 1.95. The van der Waals surface area contributed by atoms with Crippen LogP contribution in [0.25, 0.3) is 10.8 Å². The molecule has 0 aliphatic rings. The van der Waals surface area contributed by atoms with Crippen LogP contribution in [0.15, 0.2) is 42.5 Å². The summed E-state index contributed by atoms with van der Waals surface area (Å²) in [5, 5.41) is 4.82. The second-order valence-electron chi connectivity index (χ2n) is 3.57. The number of nitrogens with two attached hydrogens (primary N) is 1. The first-order chi connectivity index (χ1) is 7.83. The summed E-state index contributed by atoms with van der Waals surface area (Å²) in [6.07, 6.45) is 0. The van der Waals surface area contributed by atoms with Crippen molar-refractivity contribution < 1.29 is 4.79 Å². The lowest BCUT2D eigenvalue weighted by Gasteiger charge is -2.06. The van der Waals surface area contributed by atoms with Crippen molar-refractivity contribution in [2.24, 2.45) is 5.73 Å². The summed E-state index contributed by atoms with van der Waals surface area (Å²) in [5.74, 6) is -0.0674. The van der Waals surface area contributed by atoms with E-state index in [4.69, 9.17) is 5.73 Å². The van der Waals surface area contributed by atoms with Gasteiger partial charge in [0.05, 0.1) is 0 Å². The molecule has 0 aromatic heterocycles. The third kappa shape index (κ3) is 2.96. The highest BCUT2D eigenvalue weighted by molar-refractivity contribution is 6.06. The quantitative estimate of drug-likeness (QED) is 0.875. The summed E-state index contributed by atoms with van der Waals surface area (Å²) in [5.41, 5.74) is 6.05. The molecule has 0 bridgehead atoms. The van der Waals surface area contributed by atoms with Crippen molar-refractivity contribution >= 4 is 29.1 Å². The van der Waals surface area contributed by atoms with Gasteiger partial charge in [0, 0.05) is 18.7 Å². The zero-order valence-electron chi connectivity index (χ0n) is 9.35. The smallest absolute Gasteiger partial charge is 0.251 e. The number of benzene rings is 2. The van der Waals surface area contributed by atoms with Crippen LogP contribution in [0, 0.1) is 0 Å². The Bertz CT molecular complexity index is 508. The zero-order chi connectivity index (χ0) is 11.4. The van der Waals surface area contributed by atoms with Crippen molar-refractivity contribution in [2.45, 2.75) is 0 Å². The van der Waals surface area contributed by atoms with Crippen LogP contribution in [0.5, 0.6) is 0 Å². The number of amides is 1. The van der Waals surface area contributed by atoms with Gasteiger partial charge in [0.15, 0.2) is 0 Å². The number of nitrogens with one attached hydrogen (secondary N) is 1. The van der Waals surface area contributed by atoms with Crippen LogP contribution in [0.2, 0.25) is 0 Å². The SMILES string of the molecule is Cl.NCCNC(=O)c1cccc2ccccc12. The maximum Gasteiger partial charge on any atom is 0.251 e. The molecule has 0 fully saturated rings. The minimum absolute atomic E-state index is 0. The fourth-order valence-electron chi connectivity index (χ4n) is 1.70. The van der Waals surface area contributed by atoms with Crippen molar-refractivity contribution in [1.82, 2.24) is 5.32 Å². The number of fused-ring (bicyclic) bond motifs is 1. The number of hydrogen-bond donors (Lipinski definition) is 2. The molecule has 0 unspecified atom stereocenters. The molecule has 17 heavy (non-hydrogen) atoms. The van der Waals surface area contributed by atoms with Crippen LogP contribution in [0.4, 0.5) is 0 Å². The molecule has 2 rings (SSSR count). The van der Waals surface area contributed by atoms with E-state index in [0.29, 0.717) is 18.7 Å². The number of hydrogen-bond acceptors (Lipinski definition) is 2. The van der Waals surface area contributed by atoms with E-state index in [-0.39, 0.29) is 18.3 Å². The minimum atomic E-state index is -0.0674. The summed E-state index contributed by atoms with van der Waals surface area (Å²) in [6, 6.07) is 13.6. The fraction of sp³-hybridized carbons (Fsp3) is 0.154. The van der Waals surface area contributed by atoms with E-state index < -0.39 is 0 Å². The lowest BCUT2D eigenvalue weighted by Crippen LogP contribution is -2.29. The third-order valence-corrected chi connectivity index (χ3v) is 2.46. The molecule has 2 aromatic carbocycles. The first kappa shape index (κ1) is 13.5. The van der Waals surface area contributed by atoms with Crippen molar-refractivity contribution in [1.29, 1.82) is 0 Å². The second-order valence-corrected chi connectivity index (χ2v) is 3.57. The van der Waals surface area contributed by atoms with Crippen LogP contribution in [-0.2, 0) is 0 Å². The van der Waals surface area contributed by atoms with Crippen molar-refractivity contribution in [3.63, 3.8) is 0 Å². The van der Waals surface area contributed by atoms with E-state index in [0.717, 1.165) is 10.8 Å². The first-order valence-corrected chi connectivity index (χ1v) is 5.29. The van der Waals surface area contributed by atoms with Gasteiger partial charge < -0.3 is 11.1 Å². The first-order valence-electron chi connectivity index (χ1n) is 5.29. The maximum absolute atomic E-state index is 11.9. The number of halogens is 1. The lowest BCUT2D eigenvalue weighted by molar-refractivity contribution is 0.0956. The third-order valence-electron chi connectivity index (χ3n) is 2.46. The Morgan fingerprint density at radius 1 is 1.12 bits per heavy atom. The Labute approximate surface area is 106 Å².